The lowest BCUT2D eigenvalue weighted by atomic mass is 9.97. The Kier molecular flexibility index (Phi) is 8.04. The molecule has 0 spiro atoms. The maximum absolute atomic E-state index is 6.52. The van der Waals surface area contributed by atoms with Gasteiger partial charge in [-0.15, -0.1) is 0 Å². The molecule has 0 saturated heterocycles. The molecule has 0 aromatic heterocycles. The molecular formula is C24H34O. The van der Waals surface area contributed by atoms with E-state index in [2.05, 4.69) is 64.1 Å². The van der Waals surface area contributed by atoms with Crippen molar-refractivity contribution < 1.29 is 4.74 Å². The lowest BCUT2D eigenvalue weighted by Crippen LogP contribution is -2.01. The van der Waals surface area contributed by atoms with Crippen molar-refractivity contribution in [1.29, 1.82) is 0 Å². The van der Waals surface area contributed by atoms with E-state index in [9.17, 15) is 0 Å². The van der Waals surface area contributed by atoms with Gasteiger partial charge in [-0.25, -0.2) is 0 Å². The van der Waals surface area contributed by atoms with Crippen LogP contribution in [-0.2, 0) is 25.7 Å². The molecule has 0 amide bonds. The Morgan fingerprint density at radius 3 is 1.32 bits per heavy atom. The molecule has 0 fully saturated rings. The molecule has 0 saturated carbocycles. The van der Waals surface area contributed by atoms with Gasteiger partial charge in [0, 0.05) is 0 Å². The quantitative estimate of drug-likeness (QED) is 0.442. The van der Waals surface area contributed by atoms with E-state index in [0.29, 0.717) is 0 Å². The molecule has 0 aliphatic rings. The predicted molar refractivity (Wildman–Crippen MR) is 109 cm³/mol. The summed E-state index contributed by atoms with van der Waals surface area (Å²) in [6.45, 7) is 8.99. The Labute approximate surface area is 154 Å². The minimum absolute atomic E-state index is 1.05. The molecule has 0 N–H and O–H groups in total. The van der Waals surface area contributed by atoms with Crippen LogP contribution in [0.2, 0.25) is 0 Å². The van der Waals surface area contributed by atoms with E-state index in [0.717, 1.165) is 50.0 Å². The van der Waals surface area contributed by atoms with Gasteiger partial charge in [0.25, 0.3) is 0 Å². The smallest absolute Gasteiger partial charge is 0.130 e. The third-order valence-electron chi connectivity index (χ3n) is 4.72. The molecule has 0 atom stereocenters. The second kappa shape index (κ2) is 10.3. The predicted octanol–water partition coefficient (Wildman–Crippen LogP) is 7.29. The topological polar surface area (TPSA) is 9.23 Å². The van der Waals surface area contributed by atoms with E-state index in [1.807, 2.05) is 0 Å². The molecule has 25 heavy (non-hydrogen) atoms. The molecule has 0 radical (unpaired) electrons. The molecule has 0 heterocycles. The number of ether oxygens (including phenoxy) is 1. The first-order valence-corrected chi connectivity index (χ1v) is 10.1. The lowest BCUT2D eigenvalue weighted by molar-refractivity contribution is 0.466. The summed E-state index contributed by atoms with van der Waals surface area (Å²) in [5.74, 6) is 2.11. The molecule has 0 aliphatic heterocycles. The fraction of sp³-hybridized carbons (Fsp3) is 0.500. The van der Waals surface area contributed by atoms with Gasteiger partial charge in [-0.1, -0.05) is 77.6 Å². The third-order valence-corrected chi connectivity index (χ3v) is 4.72. The summed E-state index contributed by atoms with van der Waals surface area (Å²) in [7, 11) is 0. The summed E-state index contributed by atoms with van der Waals surface area (Å²) in [5.41, 5.74) is 5.69. The number of aryl methyl sites for hydroxylation is 2. The zero-order chi connectivity index (χ0) is 18.1. The summed E-state index contributed by atoms with van der Waals surface area (Å²) < 4.78 is 6.52. The van der Waals surface area contributed by atoms with Crippen LogP contribution in [0, 0.1) is 0 Å². The largest absolute Gasteiger partial charge is 0.457 e. The molecule has 2 aromatic rings. The van der Waals surface area contributed by atoms with Gasteiger partial charge < -0.3 is 4.74 Å². The highest BCUT2D eigenvalue weighted by atomic mass is 16.5. The van der Waals surface area contributed by atoms with Crippen molar-refractivity contribution in [3.8, 4) is 11.5 Å². The molecule has 0 aliphatic carbocycles. The average molecular weight is 339 g/mol. The SMILES string of the molecule is CCCc1cccc(Oc2cccc(CCC)c2CCC)c1CCC. The fourth-order valence-corrected chi connectivity index (χ4v) is 3.61. The average Bonchev–Trinajstić information content (AvgIpc) is 2.61. The Hall–Kier alpha value is -1.76. The van der Waals surface area contributed by atoms with E-state index in [-0.39, 0.29) is 0 Å². The van der Waals surface area contributed by atoms with Gasteiger partial charge in [-0.05, 0) is 60.1 Å². The number of hydrogen-bond donors (Lipinski definition) is 0. The van der Waals surface area contributed by atoms with Crippen molar-refractivity contribution >= 4 is 0 Å². The van der Waals surface area contributed by atoms with Gasteiger partial charge in [-0.3, -0.25) is 0 Å². The third kappa shape index (κ3) is 5.11. The normalized spacial score (nSPS) is 10.9. The summed E-state index contributed by atoms with van der Waals surface area (Å²) >= 11 is 0. The Morgan fingerprint density at radius 1 is 0.560 bits per heavy atom. The minimum atomic E-state index is 1.05. The van der Waals surface area contributed by atoms with Crippen molar-refractivity contribution in [2.24, 2.45) is 0 Å². The van der Waals surface area contributed by atoms with Crippen LogP contribution in [0.5, 0.6) is 11.5 Å². The second-order valence-electron chi connectivity index (χ2n) is 6.89. The van der Waals surface area contributed by atoms with Crippen LogP contribution in [0.1, 0.15) is 75.6 Å². The van der Waals surface area contributed by atoms with Crippen molar-refractivity contribution in [1.82, 2.24) is 0 Å². The van der Waals surface area contributed by atoms with Crippen LogP contribution in [0.25, 0.3) is 0 Å². The van der Waals surface area contributed by atoms with E-state index < -0.39 is 0 Å². The highest BCUT2D eigenvalue weighted by Crippen LogP contribution is 2.33. The highest BCUT2D eigenvalue weighted by Gasteiger charge is 2.13. The summed E-state index contributed by atoms with van der Waals surface area (Å²) in [5, 5.41) is 0. The van der Waals surface area contributed by atoms with Crippen LogP contribution >= 0.6 is 0 Å². The van der Waals surface area contributed by atoms with E-state index in [4.69, 9.17) is 4.74 Å². The molecule has 0 bridgehead atoms. The van der Waals surface area contributed by atoms with Gasteiger partial charge in [-0.2, -0.15) is 0 Å². The Balaban J connectivity index is 2.42. The molecule has 2 rings (SSSR count). The van der Waals surface area contributed by atoms with Gasteiger partial charge >= 0.3 is 0 Å². The molecule has 136 valence electrons. The summed E-state index contributed by atoms with van der Waals surface area (Å²) in [6, 6.07) is 13.1. The van der Waals surface area contributed by atoms with Gasteiger partial charge in [0.2, 0.25) is 0 Å². The van der Waals surface area contributed by atoms with Crippen LogP contribution in [0.4, 0.5) is 0 Å². The van der Waals surface area contributed by atoms with E-state index in [1.54, 1.807) is 0 Å². The highest BCUT2D eigenvalue weighted by molar-refractivity contribution is 5.47. The van der Waals surface area contributed by atoms with Crippen LogP contribution in [0.3, 0.4) is 0 Å². The van der Waals surface area contributed by atoms with Crippen molar-refractivity contribution in [3.05, 3.63) is 58.7 Å². The number of benzene rings is 2. The monoisotopic (exact) mass is 338 g/mol. The molecule has 1 nitrogen and oxygen atoms in total. The lowest BCUT2D eigenvalue weighted by Gasteiger charge is -2.18. The number of hydrogen-bond acceptors (Lipinski definition) is 1. The Bertz CT molecular complexity index is 600. The molecule has 1 heteroatoms. The van der Waals surface area contributed by atoms with Crippen molar-refractivity contribution in [2.75, 3.05) is 0 Å². The van der Waals surface area contributed by atoms with Gasteiger partial charge in [0.05, 0.1) is 0 Å². The summed E-state index contributed by atoms with van der Waals surface area (Å²) in [6.07, 6.45) is 9.07. The first-order chi connectivity index (χ1) is 12.2. The van der Waals surface area contributed by atoms with Gasteiger partial charge in [0.1, 0.15) is 11.5 Å². The molecular weight excluding hydrogens is 304 g/mol. The minimum Gasteiger partial charge on any atom is -0.457 e. The first-order valence-electron chi connectivity index (χ1n) is 10.1. The van der Waals surface area contributed by atoms with Crippen molar-refractivity contribution in [2.45, 2.75) is 79.1 Å². The van der Waals surface area contributed by atoms with Crippen LogP contribution in [0.15, 0.2) is 36.4 Å². The van der Waals surface area contributed by atoms with Gasteiger partial charge in [0.15, 0.2) is 0 Å². The maximum Gasteiger partial charge on any atom is 0.130 e. The number of rotatable bonds is 10. The maximum atomic E-state index is 6.52. The van der Waals surface area contributed by atoms with E-state index >= 15 is 0 Å². The Morgan fingerprint density at radius 2 is 0.960 bits per heavy atom. The first kappa shape index (κ1) is 19.6. The van der Waals surface area contributed by atoms with Crippen LogP contribution in [-0.4, -0.2) is 0 Å². The zero-order valence-electron chi connectivity index (χ0n) is 16.5. The summed E-state index contributed by atoms with van der Waals surface area (Å²) in [4.78, 5) is 0. The van der Waals surface area contributed by atoms with E-state index in [1.165, 1.54) is 35.1 Å². The standard InChI is InChI=1S/C24H34O/c1-5-11-19-15-9-17-23(21(19)13-7-3)25-24-18-10-16-20(12-6-2)22(24)14-8-4/h9-10,15-18H,5-8,11-14H2,1-4H3. The van der Waals surface area contributed by atoms with Crippen LogP contribution < -0.4 is 4.74 Å². The molecule has 2 aromatic carbocycles. The zero-order valence-corrected chi connectivity index (χ0v) is 16.5. The molecule has 0 unspecified atom stereocenters. The second-order valence-corrected chi connectivity index (χ2v) is 6.89. The fourth-order valence-electron chi connectivity index (χ4n) is 3.61. The van der Waals surface area contributed by atoms with Crippen molar-refractivity contribution in [3.63, 3.8) is 0 Å².